The van der Waals surface area contributed by atoms with Gasteiger partial charge in [-0.3, -0.25) is 9.59 Å². The second kappa shape index (κ2) is 12.9. The van der Waals surface area contributed by atoms with E-state index in [0.717, 1.165) is 12.8 Å². The van der Waals surface area contributed by atoms with Crippen LogP contribution in [0.5, 0.6) is 11.5 Å². The summed E-state index contributed by atoms with van der Waals surface area (Å²) in [6, 6.07) is 0.495. The number of carbonyl (C=O) groups is 3. The Balaban J connectivity index is 2.88. The number of amides is 1. The van der Waals surface area contributed by atoms with E-state index < -0.39 is 30.0 Å². The second-order valence-corrected chi connectivity index (χ2v) is 7.55. The lowest BCUT2D eigenvalue weighted by Gasteiger charge is -2.28. The van der Waals surface area contributed by atoms with Crippen LogP contribution in [-0.4, -0.2) is 54.8 Å². The highest BCUT2D eigenvalue weighted by molar-refractivity contribution is 5.98. The van der Waals surface area contributed by atoms with Crippen molar-refractivity contribution >= 4 is 17.8 Å². The van der Waals surface area contributed by atoms with Crippen LogP contribution < -0.4 is 14.8 Å². The van der Waals surface area contributed by atoms with E-state index in [-0.39, 0.29) is 29.2 Å². The van der Waals surface area contributed by atoms with Crippen LogP contribution in [0.3, 0.4) is 0 Å². The normalized spacial score (nSPS) is 13.8. The summed E-state index contributed by atoms with van der Waals surface area (Å²) in [5.74, 6) is -1.86. The molecule has 1 unspecified atom stereocenters. The zero-order valence-corrected chi connectivity index (χ0v) is 19.4. The molecule has 1 N–H and O–H groups in total. The molecule has 9 heteroatoms. The SMILES string of the molecule is CCCCO[C@@H](C)C(OC(=O)[C@H](C)NC(=O)c1nccc(OC)c1OC(C)=O)C(C)C. The number of unbranched alkanes of at least 4 members (excludes halogenated alkanes) is 1. The van der Waals surface area contributed by atoms with Crippen LogP contribution in [0, 0.1) is 5.92 Å². The first-order valence-electron chi connectivity index (χ1n) is 10.5. The maximum atomic E-state index is 12.7. The number of nitrogens with one attached hydrogen (secondary N) is 1. The number of carbonyl (C=O) groups excluding carboxylic acids is 3. The highest BCUT2D eigenvalue weighted by Gasteiger charge is 2.30. The summed E-state index contributed by atoms with van der Waals surface area (Å²) in [5.41, 5.74) is -0.175. The number of aromatic nitrogens is 1. The largest absolute Gasteiger partial charge is 0.493 e. The standard InChI is InChI=1S/C22H34N2O7/c1-8-9-12-29-15(5)19(13(2)3)31-22(27)14(4)24-21(26)18-20(30-16(6)25)17(28-7)10-11-23-18/h10-11,13-15,19H,8-9,12H2,1-7H3,(H,24,26)/t14-,15-,19?/m0/s1. The van der Waals surface area contributed by atoms with Crippen LogP contribution in [0.2, 0.25) is 0 Å². The molecule has 1 heterocycles. The number of methoxy groups -OCH3 is 1. The summed E-state index contributed by atoms with van der Waals surface area (Å²) in [7, 11) is 1.37. The van der Waals surface area contributed by atoms with E-state index in [1.807, 2.05) is 20.8 Å². The van der Waals surface area contributed by atoms with Gasteiger partial charge in [-0.25, -0.2) is 9.78 Å². The average Bonchev–Trinajstić information content (AvgIpc) is 2.71. The van der Waals surface area contributed by atoms with Crippen molar-refractivity contribution < 1.29 is 33.3 Å². The average molecular weight is 439 g/mol. The highest BCUT2D eigenvalue weighted by Crippen LogP contribution is 2.29. The fourth-order valence-corrected chi connectivity index (χ4v) is 2.84. The van der Waals surface area contributed by atoms with Crippen LogP contribution in [0.4, 0.5) is 0 Å². The van der Waals surface area contributed by atoms with Gasteiger partial charge in [0.25, 0.3) is 5.91 Å². The highest BCUT2D eigenvalue weighted by atomic mass is 16.6. The van der Waals surface area contributed by atoms with Gasteiger partial charge in [0, 0.05) is 25.8 Å². The van der Waals surface area contributed by atoms with E-state index >= 15 is 0 Å². The lowest BCUT2D eigenvalue weighted by molar-refractivity contribution is -0.162. The minimum atomic E-state index is -0.963. The summed E-state index contributed by atoms with van der Waals surface area (Å²) >= 11 is 0. The van der Waals surface area contributed by atoms with Gasteiger partial charge in [0.2, 0.25) is 5.75 Å². The van der Waals surface area contributed by atoms with Gasteiger partial charge in [0.1, 0.15) is 12.1 Å². The van der Waals surface area contributed by atoms with E-state index in [1.165, 1.54) is 33.2 Å². The van der Waals surface area contributed by atoms with Crippen molar-refractivity contribution in [3.63, 3.8) is 0 Å². The van der Waals surface area contributed by atoms with Crippen molar-refractivity contribution in [3.8, 4) is 11.5 Å². The molecule has 0 fully saturated rings. The van der Waals surface area contributed by atoms with Gasteiger partial charge in [-0.05, 0) is 26.2 Å². The van der Waals surface area contributed by atoms with Crippen LogP contribution in [0.1, 0.15) is 64.9 Å². The van der Waals surface area contributed by atoms with E-state index in [4.69, 9.17) is 18.9 Å². The lowest BCUT2D eigenvalue weighted by atomic mass is 10.0. The Bertz CT molecular complexity index is 751. The zero-order valence-electron chi connectivity index (χ0n) is 19.4. The van der Waals surface area contributed by atoms with Crippen LogP contribution >= 0.6 is 0 Å². The summed E-state index contributed by atoms with van der Waals surface area (Å²) in [5, 5.41) is 2.53. The van der Waals surface area contributed by atoms with Crippen LogP contribution in [0.15, 0.2) is 12.3 Å². The maximum Gasteiger partial charge on any atom is 0.328 e. The van der Waals surface area contributed by atoms with E-state index in [2.05, 4.69) is 17.2 Å². The van der Waals surface area contributed by atoms with Crippen molar-refractivity contribution in [3.05, 3.63) is 18.0 Å². The molecule has 1 aromatic rings. The van der Waals surface area contributed by atoms with E-state index in [9.17, 15) is 14.4 Å². The van der Waals surface area contributed by atoms with Crippen molar-refractivity contribution in [2.24, 2.45) is 5.92 Å². The predicted molar refractivity (Wildman–Crippen MR) is 114 cm³/mol. The maximum absolute atomic E-state index is 12.7. The number of hydrogen-bond donors (Lipinski definition) is 1. The third-order valence-corrected chi connectivity index (χ3v) is 4.50. The molecule has 1 amide bonds. The fourth-order valence-electron chi connectivity index (χ4n) is 2.84. The lowest BCUT2D eigenvalue weighted by Crippen LogP contribution is -2.44. The van der Waals surface area contributed by atoms with Crippen molar-refractivity contribution in [2.45, 2.75) is 72.6 Å². The zero-order chi connectivity index (χ0) is 23.6. The molecule has 0 aromatic carbocycles. The van der Waals surface area contributed by atoms with E-state index in [0.29, 0.717) is 6.61 Å². The minimum absolute atomic E-state index is 0.0269. The van der Waals surface area contributed by atoms with Crippen molar-refractivity contribution in [1.29, 1.82) is 0 Å². The van der Waals surface area contributed by atoms with Gasteiger partial charge in [-0.15, -0.1) is 0 Å². The smallest absolute Gasteiger partial charge is 0.328 e. The third-order valence-electron chi connectivity index (χ3n) is 4.50. The first-order chi connectivity index (χ1) is 14.6. The molecule has 0 radical (unpaired) electrons. The second-order valence-electron chi connectivity index (χ2n) is 7.55. The van der Waals surface area contributed by atoms with Gasteiger partial charge in [0.15, 0.2) is 11.4 Å². The first kappa shape index (κ1) is 26.4. The molecule has 9 nitrogen and oxygen atoms in total. The molecule has 0 spiro atoms. The fraction of sp³-hybridized carbons (Fsp3) is 0.636. The molecule has 0 aliphatic rings. The molecule has 174 valence electrons. The molecule has 0 saturated heterocycles. The van der Waals surface area contributed by atoms with E-state index in [1.54, 1.807) is 0 Å². The molecule has 3 atom stereocenters. The number of hydrogen-bond acceptors (Lipinski definition) is 8. The molecular formula is C22H34N2O7. The first-order valence-corrected chi connectivity index (χ1v) is 10.5. The van der Waals surface area contributed by atoms with Crippen LogP contribution in [-0.2, 0) is 19.1 Å². The third kappa shape index (κ3) is 8.16. The number of nitrogens with zero attached hydrogens (tertiary/aromatic N) is 1. The number of esters is 2. The monoisotopic (exact) mass is 438 g/mol. The topological polar surface area (TPSA) is 113 Å². The number of rotatable bonds is 12. The number of pyridine rings is 1. The van der Waals surface area contributed by atoms with Crippen molar-refractivity contribution in [1.82, 2.24) is 10.3 Å². The molecule has 0 aliphatic heterocycles. The Labute approximate surface area is 183 Å². The van der Waals surface area contributed by atoms with Gasteiger partial charge in [-0.1, -0.05) is 27.2 Å². The Hall–Kier alpha value is -2.68. The van der Waals surface area contributed by atoms with Gasteiger partial charge in [0.05, 0.1) is 13.2 Å². The van der Waals surface area contributed by atoms with Gasteiger partial charge >= 0.3 is 11.9 Å². The summed E-state index contributed by atoms with van der Waals surface area (Å²) in [4.78, 5) is 40.7. The molecule has 0 saturated carbocycles. The Morgan fingerprint density at radius 1 is 1.16 bits per heavy atom. The molecule has 31 heavy (non-hydrogen) atoms. The summed E-state index contributed by atoms with van der Waals surface area (Å²) in [6.07, 6.45) is 2.53. The Kier molecular flexibility index (Phi) is 11.0. The van der Waals surface area contributed by atoms with Gasteiger partial charge in [-0.2, -0.15) is 0 Å². The summed E-state index contributed by atoms with van der Waals surface area (Å²) < 4.78 is 21.6. The predicted octanol–water partition coefficient (Wildman–Crippen LogP) is 2.91. The molecule has 0 aliphatic carbocycles. The quantitative estimate of drug-likeness (QED) is 0.391. The Morgan fingerprint density at radius 2 is 1.84 bits per heavy atom. The molecule has 1 rings (SSSR count). The molecular weight excluding hydrogens is 404 g/mol. The molecule has 0 bridgehead atoms. The Morgan fingerprint density at radius 3 is 2.39 bits per heavy atom. The summed E-state index contributed by atoms with van der Waals surface area (Å²) in [6.45, 7) is 11.1. The van der Waals surface area contributed by atoms with Crippen molar-refractivity contribution in [2.75, 3.05) is 13.7 Å². The molecule has 1 aromatic heterocycles. The van der Waals surface area contributed by atoms with Crippen LogP contribution in [0.25, 0.3) is 0 Å². The minimum Gasteiger partial charge on any atom is -0.493 e. The van der Waals surface area contributed by atoms with Gasteiger partial charge < -0.3 is 24.3 Å². The number of ether oxygens (including phenoxy) is 4.